The normalized spacial score (nSPS) is 19.6. The summed E-state index contributed by atoms with van der Waals surface area (Å²) in [4.78, 5) is 41.1. The van der Waals surface area contributed by atoms with Crippen LogP contribution in [0.1, 0.15) is 25.7 Å². The molecule has 0 radical (unpaired) electrons. The van der Waals surface area contributed by atoms with E-state index in [0.29, 0.717) is 39.1 Å². The van der Waals surface area contributed by atoms with Crippen LogP contribution in [0.15, 0.2) is 12.7 Å². The third-order valence-electron chi connectivity index (χ3n) is 4.42. The first kappa shape index (κ1) is 17.5. The van der Waals surface area contributed by atoms with Crippen molar-refractivity contribution in [3.8, 4) is 0 Å². The van der Waals surface area contributed by atoms with Gasteiger partial charge in [-0.25, -0.2) is 4.79 Å². The Bertz CT molecular complexity index is 472. The van der Waals surface area contributed by atoms with Crippen LogP contribution < -0.4 is 0 Å². The summed E-state index contributed by atoms with van der Waals surface area (Å²) in [6.45, 7) is 5.68. The van der Waals surface area contributed by atoms with Crippen molar-refractivity contribution in [3.63, 3.8) is 0 Å². The van der Waals surface area contributed by atoms with E-state index in [9.17, 15) is 14.4 Å². The van der Waals surface area contributed by atoms with Gasteiger partial charge in [0.2, 0.25) is 11.8 Å². The van der Waals surface area contributed by atoms with Crippen LogP contribution in [0, 0.1) is 0 Å². The molecule has 0 spiro atoms. The van der Waals surface area contributed by atoms with E-state index in [0.717, 1.165) is 12.8 Å². The van der Waals surface area contributed by atoms with Gasteiger partial charge < -0.3 is 14.5 Å². The molecule has 0 bridgehead atoms. The number of carbonyl (C=O) groups excluding carboxylic acids is 3. The lowest BCUT2D eigenvalue weighted by Gasteiger charge is -2.36. The molecule has 0 N–H and O–H groups in total. The molecule has 7 heteroatoms. The van der Waals surface area contributed by atoms with E-state index in [-0.39, 0.29) is 30.4 Å². The predicted molar refractivity (Wildman–Crippen MR) is 84.7 cm³/mol. The Kier molecular flexibility index (Phi) is 6.15. The summed E-state index contributed by atoms with van der Waals surface area (Å²) < 4.78 is 4.94. The molecule has 2 heterocycles. The van der Waals surface area contributed by atoms with Crippen molar-refractivity contribution in [2.75, 3.05) is 39.9 Å². The van der Waals surface area contributed by atoms with E-state index in [2.05, 4.69) is 6.58 Å². The molecular formula is C16H25N3O4. The number of likely N-dealkylation sites (tertiary alicyclic amines) is 1. The molecule has 0 saturated carbocycles. The second-order valence-electron chi connectivity index (χ2n) is 5.89. The van der Waals surface area contributed by atoms with Crippen molar-refractivity contribution in [2.45, 2.75) is 31.7 Å². The molecule has 2 rings (SSSR count). The average molecular weight is 323 g/mol. The smallest absolute Gasteiger partial charge is 0.327 e. The first-order valence-electron chi connectivity index (χ1n) is 8.07. The molecule has 0 aromatic rings. The molecule has 2 aliphatic rings. The molecule has 0 atom stereocenters. The van der Waals surface area contributed by atoms with Crippen molar-refractivity contribution < 1.29 is 19.1 Å². The monoisotopic (exact) mass is 323 g/mol. The van der Waals surface area contributed by atoms with E-state index >= 15 is 0 Å². The summed E-state index contributed by atoms with van der Waals surface area (Å²) in [5.41, 5.74) is 0. The van der Waals surface area contributed by atoms with Crippen LogP contribution in [-0.2, 0) is 14.3 Å². The second-order valence-corrected chi connectivity index (χ2v) is 5.89. The van der Waals surface area contributed by atoms with E-state index in [1.807, 2.05) is 4.90 Å². The van der Waals surface area contributed by atoms with Gasteiger partial charge in [-0.1, -0.05) is 6.08 Å². The summed E-state index contributed by atoms with van der Waals surface area (Å²) in [5, 5.41) is 0. The van der Waals surface area contributed by atoms with Crippen LogP contribution in [0.3, 0.4) is 0 Å². The molecule has 128 valence electrons. The van der Waals surface area contributed by atoms with E-state index in [1.54, 1.807) is 18.1 Å². The van der Waals surface area contributed by atoms with Crippen molar-refractivity contribution in [1.82, 2.24) is 14.7 Å². The molecule has 4 amide bonds. The lowest BCUT2D eigenvalue weighted by molar-refractivity contribution is -0.132. The molecule has 0 aliphatic carbocycles. The van der Waals surface area contributed by atoms with Crippen molar-refractivity contribution in [1.29, 1.82) is 0 Å². The third-order valence-corrected chi connectivity index (χ3v) is 4.42. The summed E-state index contributed by atoms with van der Waals surface area (Å²) in [6, 6.07) is -0.203. The Labute approximate surface area is 136 Å². The van der Waals surface area contributed by atoms with Crippen LogP contribution in [0.2, 0.25) is 0 Å². The lowest BCUT2D eigenvalue weighted by Crippen LogP contribution is -2.48. The van der Waals surface area contributed by atoms with Gasteiger partial charge in [0.15, 0.2) is 0 Å². The molecule has 0 unspecified atom stereocenters. The molecule has 2 fully saturated rings. The second kappa shape index (κ2) is 8.10. The minimum absolute atomic E-state index is 0.0300. The van der Waals surface area contributed by atoms with Gasteiger partial charge >= 0.3 is 6.03 Å². The number of nitrogens with zero attached hydrogens (tertiary/aromatic N) is 3. The van der Waals surface area contributed by atoms with E-state index in [4.69, 9.17) is 4.74 Å². The fourth-order valence-electron chi connectivity index (χ4n) is 3.06. The topological polar surface area (TPSA) is 70.2 Å². The number of carbonyl (C=O) groups is 3. The molecular weight excluding hydrogens is 298 g/mol. The number of hydrogen-bond acceptors (Lipinski definition) is 4. The molecule has 23 heavy (non-hydrogen) atoms. The zero-order valence-electron chi connectivity index (χ0n) is 13.7. The lowest BCUT2D eigenvalue weighted by atomic mass is 10.0. The Morgan fingerprint density at radius 1 is 1.35 bits per heavy atom. The number of urea groups is 1. The summed E-state index contributed by atoms with van der Waals surface area (Å²) >= 11 is 0. The Balaban J connectivity index is 1.85. The maximum Gasteiger partial charge on any atom is 0.327 e. The largest absolute Gasteiger partial charge is 0.383 e. The van der Waals surface area contributed by atoms with Gasteiger partial charge in [0.05, 0.1) is 13.2 Å². The quantitative estimate of drug-likeness (QED) is 0.514. The molecule has 0 aromatic carbocycles. The van der Waals surface area contributed by atoms with Gasteiger partial charge in [0.25, 0.3) is 0 Å². The maximum absolute atomic E-state index is 12.4. The summed E-state index contributed by atoms with van der Waals surface area (Å²) in [7, 11) is 1.54. The zero-order chi connectivity index (χ0) is 16.8. The fraction of sp³-hybridized carbons (Fsp3) is 0.688. The third kappa shape index (κ3) is 4.10. The molecule has 2 saturated heterocycles. The number of amides is 4. The fourth-order valence-corrected chi connectivity index (χ4v) is 3.06. The van der Waals surface area contributed by atoms with Gasteiger partial charge in [-0.05, 0) is 19.3 Å². The van der Waals surface area contributed by atoms with Gasteiger partial charge in [-0.15, -0.1) is 6.58 Å². The highest BCUT2D eigenvalue weighted by Gasteiger charge is 2.40. The Hall–Kier alpha value is -1.89. The summed E-state index contributed by atoms with van der Waals surface area (Å²) in [5.74, 6) is -0.0366. The minimum Gasteiger partial charge on any atom is -0.383 e. The Morgan fingerprint density at radius 3 is 2.65 bits per heavy atom. The number of hydrogen-bond donors (Lipinski definition) is 0. The average Bonchev–Trinajstić information content (AvgIpc) is 2.85. The standard InChI is InChI=1S/C16H25N3O4/c1-3-4-5-14(20)17-8-6-13(7-9-17)19-12-15(21)18(16(19)22)10-11-23-2/h3,13H,1,4-12H2,2H3. The van der Waals surface area contributed by atoms with Crippen molar-refractivity contribution in [3.05, 3.63) is 12.7 Å². The number of imide groups is 1. The molecule has 0 aromatic heterocycles. The van der Waals surface area contributed by atoms with Gasteiger partial charge in [0.1, 0.15) is 6.54 Å². The predicted octanol–water partition coefficient (Wildman–Crippen LogP) is 0.854. The highest BCUT2D eigenvalue weighted by Crippen LogP contribution is 2.22. The van der Waals surface area contributed by atoms with Crippen LogP contribution in [0.5, 0.6) is 0 Å². The number of ether oxygens (including phenoxy) is 1. The molecule has 7 nitrogen and oxygen atoms in total. The summed E-state index contributed by atoms with van der Waals surface area (Å²) in [6.07, 6.45) is 4.36. The number of methoxy groups -OCH3 is 1. The number of piperidine rings is 1. The van der Waals surface area contributed by atoms with Crippen LogP contribution in [-0.4, -0.2) is 78.5 Å². The van der Waals surface area contributed by atoms with Crippen LogP contribution in [0.25, 0.3) is 0 Å². The first-order chi connectivity index (χ1) is 11.1. The van der Waals surface area contributed by atoms with Crippen molar-refractivity contribution >= 4 is 17.8 Å². The van der Waals surface area contributed by atoms with E-state index < -0.39 is 0 Å². The highest BCUT2D eigenvalue weighted by molar-refractivity contribution is 6.02. The first-order valence-corrected chi connectivity index (χ1v) is 8.07. The van der Waals surface area contributed by atoms with Crippen LogP contribution >= 0.6 is 0 Å². The van der Waals surface area contributed by atoms with Gasteiger partial charge in [-0.2, -0.15) is 0 Å². The van der Waals surface area contributed by atoms with E-state index in [1.165, 1.54) is 4.90 Å². The van der Waals surface area contributed by atoms with Gasteiger partial charge in [-0.3, -0.25) is 14.5 Å². The SMILES string of the molecule is C=CCCC(=O)N1CCC(N2CC(=O)N(CCOC)C2=O)CC1. The number of allylic oxidation sites excluding steroid dienone is 1. The van der Waals surface area contributed by atoms with Crippen LogP contribution in [0.4, 0.5) is 4.79 Å². The van der Waals surface area contributed by atoms with Gasteiger partial charge in [0, 0.05) is 32.7 Å². The minimum atomic E-state index is -0.233. The number of rotatable bonds is 7. The highest BCUT2D eigenvalue weighted by atomic mass is 16.5. The zero-order valence-corrected chi connectivity index (χ0v) is 13.7. The Morgan fingerprint density at radius 2 is 2.04 bits per heavy atom. The maximum atomic E-state index is 12.4. The van der Waals surface area contributed by atoms with Crippen molar-refractivity contribution in [2.24, 2.45) is 0 Å². The molecule has 2 aliphatic heterocycles.